The van der Waals surface area contributed by atoms with Crippen molar-refractivity contribution in [1.29, 1.82) is 0 Å². The minimum atomic E-state index is -0.202. The van der Waals surface area contributed by atoms with E-state index in [9.17, 15) is 4.79 Å². The average molecular weight is 335 g/mol. The van der Waals surface area contributed by atoms with Crippen LogP contribution < -0.4 is 0 Å². The van der Waals surface area contributed by atoms with E-state index in [0.29, 0.717) is 12.3 Å². The van der Waals surface area contributed by atoms with Gasteiger partial charge in [-0.15, -0.1) is 11.3 Å². The van der Waals surface area contributed by atoms with E-state index in [0.717, 1.165) is 15.6 Å². The standard InChI is InChI=1S/C17H22N2OS2/c1-13-11-21-16(18-13)22-12-15(20)19(17(2,3)4)10-14-8-6-5-7-9-14/h5-9,11H,10,12H2,1-4H3. The molecule has 0 radical (unpaired) electrons. The average Bonchev–Trinajstić information content (AvgIpc) is 2.88. The number of benzene rings is 1. The number of hydrogen-bond acceptors (Lipinski definition) is 4. The highest BCUT2D eigenvalue weighted by molar-refractivity contribution is 8.01. The highest BCUT2D eigenvalue weighted by atomic mass is 32.2. The monoisotopic (exact) mass is 334 g/mol. The quantitative estimate of drug-likeness (QED) is 0.761. The molecule has 3 nitrogen and oxygen atoms in total. The molecule has 1 aromatic heterocycles. The number of amides is 1. The topological polar surface area (TPSA) is 33.2 Å². The van der Waals surface area contributed by atoms with Crippen LogP contribution in [0.1, 0.15) is 32.0 Å². The Hall–Kier alpha value is -1.33. The van der Waals surface area contributed by atoms with Gasteiger partial charge in [-0.25, -0.2) is 4.98 Å². The van der Waals surface area contributed by atoms with Crippen LogP contribution in [0.4, 0.5) is 0 Å². The highest BCUT2D eigenvalue weighted by Gasteiger charge is 2.26. The minimum absolute atomic E-state index is 0.147. The van der Waals surface area contributed by atoms with Crippen LogP contribution in [0.3, 0.4) is 0 Å². The Balaban J connectivity index is 2.03. The van der Waals surface area contributed by atoms with Crippen molar-refractivity contribution in [2.45, 2.75) is 44.1 Å². The molecule has 0 spiro atoms. The summed E-state index contributed by atoms with van der Waals surface area (Å²) >= 11 is 3.12. The van der Waals surface area contributed by atoms with Crippen molar-refractivity contribution >= 4 is 29.0 Å². The number of aromatic nitrogens is 1. The number of nitrogens with zero attached hydrogens (tertiary/aromatic N) is 2. The van der Waals surface area contributed by atoms with Crippen molar-refractivity contribution < 1.29 is 4.79 Å². The van der Waals surface area contributed by atoms with E-state index >= 15 is 0 Å². The summed E-state index contributed by atoms with van der Waals surface area (Å²) in [5.74, 6) is 0.575. The van der Waals surface area contributed by atoms with Crippen molar-refractivity contribution in [3.8, 4) is 0 Å². The number of aryl methyl sites for hydroxylation is 1. The molecule has 0 saturated carbocycles. The molecular weight excluding hydrogens is 312 g/mol. The molecule has 2 aromatic rings. The lowest BCUT2D eigenvalue weighted by atomic mass is 10.0. The number of hydrogen-bond donors (Lipinski definition) is 0. The molecule has 1 aromatic carbocycles. The second-order valence-electron chi connectivity index (χ2n) is 6.18. The molecule has 0 fully saturated rings. The fourth-order valence-electron chi connectivity index (χ4n) is 2.07. The fraction of sp³-hybridized carbons (Fsp3) is 0.412. The molecule has 0 atom stereocenters. The van der Waals surface area contributed by atoms with Gasteiger partial charge < -0.3 is 4.90 Å². The van der Waals surface area contributed by atoms with E-state index in [1.807, 2.05) is 35.4 Å². The first-order valence-electron chi connectivity index (χ1n) is 7.25. The van der Waals surface area contributed by atoms with Gasteiger partial charge in [-0.3, -0.25) is 4.79 Å². The summed E-state index contributed by atoms with van der Waals surface area (Å²) in [7, 11) is 0. The van der Waals surface area contributed by atoms with Crippen LogP contribution in [-0.4, -0.2) is 27.1 Å². The van der Waals surface area contributed by atoms with Gasteiger partial charge in [-0.2, -0.15) is 0 Å². The smallest absolute Gasteiger partial charge is 0.233 e. The largest absolute Gasteiger partial charge is 0.333 e. The van der Waals surface area contributed by atoms with Gasteiger partial charge in [0.05, 0.1) is 5.75 Å². The van der Waals surface area contributed by atoms with Gasteiger partial charge in [0.15, 0.2) is 4.34 Å². The molecule has 1 amide bonds. The number of thioether (sulfide) groups is 1. The third-order valence-corrected chi connectivity index (χ3v) is 5.34. The molecule has 0 aliphatic carbocycles. The van der Waals surface area contributed by atoms with Crippen LogP contribution in [0.5, 0.6) is 0 Å². The molecule has 0 aliphatic heterocycles. The summed E-state index contributed by atoms with van der Waals surface area (Å²) in [6, 6.07) is 10.1. The third-order valence-electron chi connectivity index (χ3n) is 3.21. The molecular formula is C17H22N2OS2. The molecule has 2 rings (SSSR count). The van der Waals surface area contributed by atoms with Crippen molar-refractivity contribution in [3.63, 3.8) is 0 Å². The van der Waals surface area contributed by atoms with Gasteiger partial charge >= 0.3 is 0 Å². The van der Waals surface area contributed by atoms with Gasteiger partial charge in [0, 0.05) is 23.2 Å². The number of carbonyl (C=O) groups is 1. The predicted octanol–water partition coefficient (Wildman–Crippen LogP) is 4.37. The van der Waals surface area contributed by atoms with Crippen LogP contribution in [0.2, 0.25) is 0 Å². The maximum absolute atomic E-state index is 12.7. The first-order valence-corrected chi connectivity index (χ1v) is 9.12. The lowest BCUT2D eigenvalue weighted by molar-refractivity contribution is -0.133. The summed E-state index contributed by atoms with van der Waals surface area (Å²) < 4.78 is 0.958. The summed E-state index contributed by atoms with van der Waals surface area (Å²) in [6.07, 6.45) is 0. The summed E-state index contributed by atoms with van der Waals surface area (Å²) in [5.41, 5.74) is 1.96. The second kappa shape index (κ2) is 7.29. The van der Waals surface area contributed by atoms with Crippen LogP contribution >= 0.6 is 23.1 Å². The van der Waals surface area contributed by atoms with E-state index < -0.39 is 0 Å². The van der Waals surface area contributed by atoms with Gasteiger partial charge in [0.25, 0.3) is 0 Å². The maximum atomic E-state index is 12.7. The molecule has 22 heavy (non-hydrogen) atoms. The van der Waals surface area contributed by atoms with Gasteiger partial charge in [-0.1, -0.05) is 42.1 Å². The van der Waals surface area contributed by atoms with Gasteiger partial charge in [0.2, 0.25) is 5.91 Å². The third kappa shape index (κ3) is 4.85. The summed E-state index contributed by atoms with van der Waals surface area (Å²) in [5, 5.41) is 2.01. The van der Waals surface area contributed by atoms with Crippen LogP contribution in [-0.2, 0) is 11.3 Å². The number of rotatable bonds is 5. The van der Waals surface area contributed by atoms with Gasteiger partial charge in [-0.05, 0) is 33.3 Å². The van der Waals surface area contributed by atoms with E-state index in [4.69, 9.17) is 0 Å². The zero-order valence-corrected chi connectivity index (χ0v) is 15.1. The molecule has 5 heteroatoms. The first kappa shape index (κ1) is 17.0. The zero-order chi connectivity index (χ0) is 16.2. The molecule has 1 heterocycles. The Morgan fingerprint density at radius 1 is 1.27 bits per heavy atom. The van der Waals surface area contributed by atoms with E-state index in [-0.39, 0.29) is 11.4 Å². The molecule has 118 valence electrons. The minimum Gasteiger partial charge on any atom is -0.333 e. The first-order chi connectivity index (χ1) is 10.4. The molecule has 0 N–H and O–H groups in total. The summed E-state index contributed by atoms with van der Waals surface area (Å²) in [6.45, 7) is 8.84. The Kier molecular flexibility index (Phi) is 5.64. The Morgan fingerprint density at radius 3 is 2.50 bits per heavy atom. The Labute approximate surface area is 140 Å². The molecule has 0 unspecified atom stereocenters. The molecule has 0 bridgehead atoms. The van der Waals surface area contributed by atoms with Crippen LogP contribution in [0.15, 0.2) is 40.1 Å². The SMILES string of the molecule is Cc1csc(SCC(=O)N(Cc2ccccc2)C(C)(C)C)n1. The lowest BCUT2D eigenvalue weighted by Crippen LogP contribution is -2.45. The highest BCUT2D eigenvalue weighted by Crippen LogP contribution is 2.25. The predicted molar refractivity (Wildman–Crippen MR) is 94.3 cm³/mol. The zero-order valence-electron chi connectivity index (χ0n) is 13.5. The Bertz CT molecular complexity index is 617. The van der Waals surface area contributed by atoms with E-state index in [2.05, 4.69) is 37.9 Å². The van der Waals surface area contributed by atoms with E-state index in [1.54, 1.807) is 11.3 Å². The Morgan fingerprint density at radius 2 is 1.95 bits per heavy atom. The fourth-order valence-corrected chi connectivity index (χ4v) is 3.79. The second-order valence-corrected chi connectivity index (χ2v) is 8.26. The molecule has 0 saturated heterocycles. The van der Waals surface area contributed by atoms with Crippen molar-refractivity contribution in [3.05, 3.63) is 47.0 Å². The maximum Gasteiger partial charge on any atom is 0.233 e. The lowest BCUT2D eigenvalue weighted by Gasteiger charge is -2.36. The number of thiazole rings is 1. The molecule has 0 aliphatic rings. The van der Waals surface area contributed by atoms with Crippen LogP contribution in [0, 0.1) is 6.92 Å². The van der Waals surface area contributed by atoms with Crippen LogP contribution in [0.25, 0.3) is 0 Å². The van der Waals surface area contributed by atoms with Crippen molar-refractivity contribution in [2.24, 2.45) is 0 Å². The van der Waals surface area contributed by atoms with Crippen molar-refractivity contribution in [2.75, 3.05) is 5.75 Å². The normalized spacial score (nSPS) is 11.5. The van der Waals surface area contributed by atoms with Crippen molar-refractivity contribution in [1.82, 2.24) is 9.88 Å². The number of carbonyl (C=O) groups excluding carboxylic acids is 1. The summed E-state index contributed by atoms with van der Waals surface area (Å²) in [4.78, 5) is 19.0. The van der Waals surface area contributed by atoms with E-state index in [1.165, 1.54) is 11.8 Å². The van der Waals surface area contributed by atoms with Gasteiger partial charge in [0.1, 0.15) is 0 Å².